The molecule has 0 N–H and O–H groups in total. The van der Waals surface area contributed by atoms with Crippen LogP contribution in [0.25, 0.3) is 0 Å². The van der Waals surface area contributed by atoms with E-state index in [0.29, 0.717) is 6.10 Å². The average molecular weight is 576 g/mol. The van der Waals surface area contributed by atoms with Crippen molar-refractivity contribution in [3.8, 4) is 0 Å². The quantitative estimate of drug-likeness (QED) is 0.193. The number of hydrogen-bond acceptors (Lipinski definition) is 3. The Bertz CT molecular complexity index is 595. The van der Waals surface area contributed by atoms with Crippen molar-refractivity contribution in [2.75, 3.05) is 5.75 Å². The van der Waals surface area contributed by atoms with E-state index in [4.69, 9.17) is 4.43 Å². The molecule has 0 saturated heterocycles. The van der Waals surface area contributed by atoms with Gasteiger partial charge in [0.2, 0.25) is 0 Å². The second-order valence-corrected chi connectivity index (χ2v) is 30.9. The van der Waals surface area contributed by atoms with E-state index in [1.54, 1.807) is 23.1 Å². The molecule has 2 heterocycles. The van der Waals surface area contributed by atoms with Crippen LogP contribution in [0.5, 0.6) is 0 Å². The van der Waals surface area contributed by atoms with Gasteiger partial charge in [0, 0.05) is 0 Å². The van der Waals surface area contributed by atoms with E-state index in [1.807, 2.05) is 2.89 Å². The van der Waals surface area contributed by atoms with Gasteiger partial charge in [-0.05, 0) is 0 Å². The van der Waals surface area contributed by atoms with E-state index >= 15 is 0 Å². The summed E-state index contributed by atoms with van der Waals surface area (Å²) in [5, 5.41) is 0. The molecular formula is C25H48OS2SiSn. The Morgan fingerprint density at radius 1 is 0.933 bits per heavy atom. The first-order valence-corrected chi connectivity index (χ1v) is 25.3. The van der Waals surface area contributed by atoms with E-state index < -0.39 is 26.7 Å². The normalized spacial score (nSPS) is 17.3. The number of fused-ring (bicyclic) bond motifs is 1. The second kappa shape index (κ2) is 13.7. The Morgan fingerprint density at radius 3 is 2.03 bits per heavy atom. The maximum absolute atomic E-state index is 6.93. The summed E-state index contributed by atoms with van der Waals surface area (Å²) in [6, 6.07) is 4.03. The zero-order valence-corrected chi connectivity index (χ0v) is 26.3. The summed E-state index contributed by atoms with van der Waals surface area (Å²) in [4.78, 5) is 0. The molecule has 1 unspecified atom stereocenters. The molecule has 0 aliphatic carbocycles. The van der Waals surface area contributed by atoms with Gasteiger partial charge in [-0.2, -0.15) is 0 Å². The summed E-state index contributed by atoms with van der Waals surface area (Å²) in [6.07, 6.45) is 12.7. The fourth-order valence-corrected chi connectivity index (χ4v) is 29.5. The van der Waals surface area contributed by atoms with Crippen molar-refractivity contribution < 1.29 is 4.43 Å². The number of rotatable bonds is 15. The molecule has 1 aromatic rings. The first-order valence-electron chi connectivity index (χ1n) is 12.9. The van der Waals surface area contributed by atoms with E-state index in [2.05, 4.69) is 70.0 Å². The van der Waals surface area contributed by atoms with Crippen molar-refractivity contribution in [2.24, 2.45) is 0 Å². The predicted octanol–water partition coefficient (Wildman–Crippen LogP) is 9.36. The Balaban J connectivity index is 2.32. The first kappa shape index (κ1) is 27.3. The molecule has 0 spiro atoms. The SMILES string of the molecule is CCCC[Si](C)(C)OC1CCSc2s[c]([Sn]([CH2]CCC)([CH2]CCC)[CH2]CCC)cc21. The molecule has 1 aliphatic rings. The number of unbranched alkanes of at least 4 members (excludes halogenated alkanes) is 4. The van der Waals surface area contributed by atoms with Crippen molar-refractivity contribution in [2.45, 2.75) is 128 Å². The van der Waals surface area contributed by atoms with Gasteiger partial charge in [-0.3, -0.25) is 0 Å². The minimum absolute atomic E-state index is 0.386. The van der Waals surface area contributed by atoms with Gasteiger partial charge in [-0.1, -0.05) is 0 Å². The van der Waals surface area contributed by atoms with Crippen molar-refractivity contribution in [3.63, 3.8) is 0 Å². The number of thiophene rings is 1. The van der Waals surface area contributed by atoms with Gasteiger partial charge >= 0.3 is 203 Å². The molecule has 30 heavy (non-hydrogen) atoms. The monoisotopic (exact) mass is 576 g/mol. The van der Waals surface area contributed by atoms with Crippen LogP contribution < -0.4 is 2.89 Å². The summed E-state index contributed by atoms with van der Waals surface area (Å²) in [6.45, 7) is 14.4. The second-order valence-electron chi connectivity index (χ2n) is 10.1. The fourth-order valence-electron chi connectivity index (χ4n) is 4.86. The van der Waals surface area contributed by atoms with Crippen LogP contribution in [-0.4, -0.2) is 32.4 Å². The van der Waals surface area contributed by atoms with Gasteiger partial charge in [0.1, 0.15) is 0 Å². The number of thioether (sulfide) groups is 1. The van der Waals surface area contributed by atoms with Crippen LogP contribution in [0.1, 0.15) is 97.1 Å². The van der Waals surface area contributed by atoms with E-state index in [0.717, 1.165) is 0 Å². The third-order valence-corrected chi connectivity index (χ3v) is 30.0. The summed E-state index contributed by atoms with van der Waals surface area (Å²) in [5.74, 6) is 1.25. The summed E-state index contributed by atoms with van der Waals surface area (Å²) < 4.78 is 15.2. The molecule has 0 amide bonds. The van der Waals surface area contributed by atoms with Crippen molar-refractivity contribution >= 4 is 52.7 Å². The average Bonchev–Trinajstić information content (AvgIpc) is 3.18. The summed E-state index contributed by atoms with van der Waals surface area (Å²) in [5.41, 5.74) is 1.61. The first-order chi connectivity index (χ1) is 14.4. The Labute approximate surface area is 201 Å². The maximum atomic E-state index is 6.93. The Kier molecular flexibility index (Phi) is 12.4. The van der Waals surface area contributed by atoms with Crippen LogP contribution in [0.15, 0.2) is 10.3 Å². The molecule has 174 valence electrons. The molecule has 0 fully saturated rings. The molecule has 2 rings (SSSR count). The van der Waals surface area contributed by atoms with Gasteiger partial charge in [-0.25, -0.2) is 0 Å². The van der Waals surface area contributed by atoms with Crippen LogP contribution in [0.4, 0.5) is 0 Å². The zero-order chi connectivity index (χ0) is 22.0. The zero-order valence-electron chi connectivity index (χ0n) is 20.8. The Hall–Kier alpha value is 1.03. The molecule has 1 aliphatic heterocycles. The number of hydrogen-bond donors (Lipinski definition) is 0. The van der Waals surface area contributed by atoms with Crippen LogP contribution in [0, 0.1) is 0 Å². The topological polar surface area (TPSA) is 9.23 Å². The van der Waals surface area contributed by atoms with Gasteiger partial charge in [-0.15, -0.1) is 0 Å². The molecule has 5 heteroatoms. The Morgan fingerprint density at radius 2 is 1.50 bits per heavy atom. The van der Waals surface area contributed by atoms with Crippen LogP contribution in [0.2, 0.25) is 32.4 Å². The summed E-state index contributed by atoms with van der Waals surface area (Å²) in [7, 11) is -1.57. The molecular weight excluding hydrogens is 527 g/mol. The fraction of sp³-hybridized carbons (Fsp3) is 0.840. The molecule has 0 radical (unpaired) electrons. The van der Waals surface area contributed by atoms with Gasteiger partial charge in [0.25, 0.3) is 0 Å². The summed E-state index contributed by atoms with van der Waals surface area (Å²) >= 11 is 2.04. The molecule has 0 aromatic carbocycles. The third kappa shape index (κ3) is 7.81. The van der Waals surface area contributed by atoms with Crippen LogP contribution in [-0.2, 0) is 4.43 Å². The standard InChI is InChI=1S/C13H21OS2Si.3C4H9.Sn/c1-4-5-10-17(2,3)14-12-7-9-16-13-11(12)6-8-15-13;3*1-3-4-2;/h6,12H,4-5,7,9-10H2,1-3H3;3*1,3-4H2,2H3;. The molecule has 1 atom stereocenters. The van der Waals surface area contributed by atoms with Gasteiger partial charge in [0.15, 0.2) is 0 Å². The van der Waals surface area contributed by atoms with Gasteiger partial charge < -0.3 is 0 Å². The molecule has 0 saturated carbocycles. The minimum atomic E-state index is -2.32. The predicted molar refractivity (Wildman–Crippen MR) is 145 cm³/mol. The van der Waals surface area contributed by atoms with Crippen molar-refractivity contribution in [1.29, 1.82) is 0 Å². The van der Waals surface area contributed by atoms with Crippen molar-refractivity contribution in [3.05, 3.63) is 11.6 Å². The van der Waals surface area contributed by atoms with Crippen LogP contribution in [0.3, 0.4) is 0 Å². The van der Waals surface area contributed by atoms with E-state index in [1.165, 1.54) is 69.6 Å². The van der Waals surface area contributed by atoms with Gasteiger partial charge in [0.05, 0.1) is 0 Å². The third-order valence-electron chi connectivity index (χ3n) is 6.83. The van der Waals surface area contributed by atoms with E-state index in [-0.39, 0.29) is 0 Å². The molecule has 1 aromatic heterocycles. The van der Waals surface area contributed by atoms with Crippen molar-refractivity contribution in [1.82, 2.24) is 0 Å². The van der Waals surface area contributed by atoms with Crippen LogP contribution >= 0.6 is 23.1 Å². The van der Waals surface area contributed by atoms with E-state index in [9.17, 15) is 0 Å². The molecule has 1 nitrogen and oxygen atoms in total. The molecule has 0 bridgehead atoms.